The summed E-state index contributed by atoms with van der Waals surface area (Å²) in [7, 11) is 0. The molecular formula is C48H29NS2. The maximum Gasteiger partial charge on any atom is 0.0476 e. The molecule has 0 atom stereocenters. The third-order valence-electron chi connectivity index (χ3n) is 10.4. The summed E-state index contributed by atoms with van der Waals surface area (Å²) in [6, 6.07) is 65.0. The van der Waals surface area contributed by atoms with E-state index in [1.807, 2.05) is 22.7 Å². The number of anilines is 3. The van der Waals surface area contributed by atoms with E-state index in [9.17, 15) is 0 Å². The topological polar surface area (TPSA) is 3.24 Å². The van der Waals surface area contributed by atoms with Crippen LogP contribution in [0.5, 0.6) is 0 Å². The van der Waals surface area contributed by atoms with Gasteiger partial charge in [-0.15, -0.1) is 22.7 Å². The Labute approximate surface area is 302 Å². The van der Waals surface area contributed by atoms with Crippen LogP contribution in [0.15, 0.2) is 176 Å². The molecule has 238 valence electrons. The first-order chi connectivity index (χ1) is 25.3. The summed E-state index contributed by atoms with van der Waals surface area (Å²) < 4.78 is 5.24. The van der Waals surface area contributed by atoms with Crippen molar-refractivity contribution in [2.75, 3.05) is 4.90 Å². The summed E-state index contributed by atoms with van der Waals surface area (Å²) in [4.78, 5) is 2.42. The highest BCUT2D eigenvalue weighted by Crippen LogP contribution is 2.44. The molecule has 0 fully saturated rings. The molecule has 0 aliphatic carbocycles. The van der Waals surface area contributed by atoms with Crippen molar-refractivity contribution in [1.82, 2.24) is 0 Å². The van der Waals surface area contributed by atoms with Crippen LogP contribution < -0.4 is 4.90 Å². The van der Waals surface area contributed by atoms with Gasteiger partial charge in [0.15, 0.2) is 0 Å². The van der Waals surface area contributed by atoms with Crippen LogP contribution in [0.3, 0.4) is 0 Å². The van der Waals surface area contributed by atoms with Crippen molar-refractivity contribution in [3.63, 3.8) is 0 Å². The van der Waals surface area contributed by atoms with Gasteiger partial charge >= 0.3 is 0 Å². The van der Waals surface area contributed by atoms with Gasteiger partial charge in [0.2, 0.25) is 0 Å². The van der Waals surface area contributed by atoms with Crippen LogP contribution in [0.4, 0.5) is 17.1 Å². The average molecular weight is 684 g/mol. The van der Waals surface area contributed by atoms with Crippen LogP contribution in [0, 0.1) is 0 Å². The number of hydrogen-bond acceptors (Lipinski definition) is 3. The predicted molar refractivity (Wildman–Crippen MR) is 225 cm³/mol. The van der Waals surface area contributed by atoms with E-state index >= 15 is 0 Å². The van der Waals surface area contributed by atoms with E-state index in [-0.39, 0.29) is 0 Å². The lowest BCUT2D eigenvalue weighted by Crippen LogP contribution is -2.09. The summed E-state index contributed by atoms with van der Waals surface area (Å²) >= 11 is 3.73. The molecule has 0 aliphatic rings. The van der Waals surface area contributed by atoms with Gasteiger partial charge in [0, 0.05) is 57.4 Å². The lowest BCUT2D eigenvalue weighted by atomic mass is 9.91. The van der Waals surface area contributed by atoms with Crippen LogP contribution in [0.25, 0.3) is 83.8 Å². The number of fused-ring (bicyclic) bond motifs is 11. The quantitative estimate of drug-likeness (QED) is 0.167. The largest absolute Gasteiger partial charge is 0.310 e. The van der Waals surface area contributed by atoms with Gasteiger partial charge in [-0.25, -0.2) is 0 Å². The molecular weight excluding hydrogens is 655 g/mol. The highest BCUT2D eigenvalue weighted by molar-refractivity contribution is 7.26. The molecule has 9 aromatic carbocycles. The maximum atomic E-state index is 2.42. The highest BCUT2D eigenvalue weighted by Gasteiger charge is 2.18. The number of hydrogen-bond donors (Lipinski definition) is 0. The van der Waals surface area contributed by atoms with E-state index in [1.165, 1.54) is 83.8 Å². The van der Waals surface area contributed by atoms with Gasteiger partial charge in [-0.05, 0) is 92.0 Å². The third-order valence-corrected chi connectivity index (χ3v) is 12.7. The smallest absolute Gasteiger partial charge is 0.0476 e. The number of thiophene rings is 2. The molecule has 0 aliphatic heterocycles. The summed E-state index contributed by atoms with van der Waals surface area (Å²) in [5.41, 5.74) is 5.92. The lowest BCUT2D eigenvalue weighted by molar-refractivity contribution is 1.30. The SMILES string of the molecule is c1ccc2c(c1)ccc1ccc3cccc(-c4ccc(N(c5ccc6c(c5)sc5ccccc56)c5ccc6c(c5)sc5ccccc56)cc4)c3c12. The number of rotatable bonds is 4. The molecule has 0 saturated carbocycles. The molecule has 0 unspecified atom stereocenters. The van der Waals surface area contributed by atoms with E-state index in [0.717, 1.165) is 17.1 Å². The number of nitrogens with zero attached hydrogens (tertiary/aromatic N) is 1. The molecule has 11 rings (SSSR count). The highest BCUT2D eigenvalue weighted by atomic mass is 32.1. The van der Waals surface area contributed by atoms with Crippen molar-refractivity contribution in [1.29, 1.82) is 0 Å². The molecule has 3 heteroatoms. The third kappa shape index (κ3) is 4.52. The average Bonchev–Trinajstić information content (AvgIpc) is 3.75. The van der Waals surface area contributed by atoms with Gasteiger partial charge < -0.3 is 4.90 Å². The molecule has 2 aromatic heterocycles. The van der Waals surface area contributed by atoms with Crippen LogP contribution in [-0.4, -0.2) is 0 Å². The molecule has 0 saturated heterocycles. The van der Waals surface area contributed by atoms with Crippen molar-refractivity contribution in [2.24, 2.45) is 0 Å². The fourth-order valence-electron chi connectivity index (χ4n) is 8.06. The van der Waals surface area contributed by atoms with E-state index in [2.05, 4.69) is 181 Å². The zero-order chi connectivity index (χ0) is 33.5. The molecule has 0 radical (unpaired) electrons. The van der Waals surface area contributed by atoms with Crippen molar-refractivity contribution in [2.45, 2.75) is 0 Å². The normalized spacial score (nSPS) is 11.9. The molecule has 2 heterocycles. The summed E-state index contributed by atoms with van der Waals surface area (Å²) in [5.74, 6) is 0. The summed E-state index contributed by atoms with van der Waals surface area (Å²) in [6.07, 6.45) is 0. The van der Waals surface area contributed by atoms with E-state index < -0.39 is 0 Å². The van der Waals surface area contributed by atoms with Crippen molar-refractivity contribution in [3.8, 4) is 11.1 Å². The molecule has 0 amide bonds. The Morgan fingerprint density at radius 3 is 1.45 bits per heavy atom. The van der Waals surface area contributed by atoms with Gasteiger partial charge in [0.05, 0.1) is 0 Å². The van der Waals surface area contributed by atoms with Crippen LogP contribution in [0.2, 0.25) is 0 Å². The standard InChI is InChI=1S/C48H29NS2/c1-2-10-37-30(8-1)16-17-33-19-18-32-9-7-13-38(47(32)48(33)37)31-20-22-34(23-21-31)49(35-24-26-41-39-11-3-5-14-43(39)50-45(41)28-35)36-25-27-42-40-12-4-6-15-44(40)51-46(42)29-36/h1-29H. The second-order valence-electron chi connectivity index (χ2n) is 13.3. The van der Waals surface area contributed by atoms with Crippen molar-refractivity contribution < 1.29 is 0 Å². The Hall–Kier alpha value is -6.00. The second-order valence-corrected chi connectivity index (χ2v) is 15.5. The van der Waals surface area contributed by atoms with Crippen molar-refractivity contribution >= 4 is 112 Å². The minimum atomic E-state index is 1.13. The maximum absolute atomic E-state index is 2.42. The second kappa shape index (κ2) is 11.3. The van der Waals surface area contributed by atoms with Crippen LogP contribution >= 0.6 is 22.7 Å². The Bertz CT molecular complexity index is 3030. The molecule has 51 heavy (non-hydrogen) atoms. The van der Waals surface area contributed by atoms with Gasteiger partial charge in [-0.1, -0.05) is 127 Å². The van der Waals surface area contributed by atoms with E-state index in [1.54, 1.807) is 0 Å². The molecule has 0 bridgehead atoms. The Balaban J connectivity index is 1.10. The fourth-order valence-corrected chi connectivity index (χ4v) is 10.3. The minimum Gasteiger partial charge on any atom is -0.310 e. The van der Waals surface area contributed by atoms with Gasteiger partial charge in [-0.3, -0.25) is 0 Å². The number of benzene rings is 9. The fraction of sp³-hybridized carbons (Fsp3) is 0. The van der Waals surface area contributed by atoms with Gasteiger partial charge in [0.1, 0.15) is 0 Å². The minimum absolute atomic E-state index is 1.13. The molecule has 1 nitrogen and oxygen atoms in total. The lowest BCUT2D eigenvalue weighted by Gasteiger charge is -2.26. The van der Waals surface area contributed by atoms with Gasteiger partial charge in [0.25, 0.3) is 0 Å². The Morgan fingerprint density at radius 2 is 0.804 bits per heavy atom. The molecule has 0 N–H and O–H groups in total. The first-order valence-electron chi connectivity index (χ1n) is 17.3. The van der Waals surface area contributed by atoms with E-state index in [0.29, 0.717) is 0 Å². The van der Waals surface area contributed by atoms with Gasteiger partial charge in [-0.2, -0.15) is 0 Å². The Morgan fingerprint density at radius 1 is 0.314 bits per heavy atom. The molecule has 11 aromatic rings. The van der Waals surface area contributed by atoms with Crippen LogP contribution in [-0.2, 0) is 0 Å². The summed E-state index contributed by atoms with van der Waals surface area (Å²) in [6.45, 7) is 0. The monoisotopic (exact) mass is 683 g/mol. The van der Waals surface area contributed by atoms with Crippen LogP contribution in [0.1, 0.15) is 0 Å². The first kappa shape index (κ1) is 28.8. The Kier molecular flexibility index (Phi) is 6.36. The first-order valence-corrected chi connectivity index (χ1v) is 19.0. The predicted octanol–water partition coefficient (Wildman–Crippen LogP) is 15.0. The summed E-state index contributed by atoms with van der Waals surface area (Å²) in [5, 5.41) is 13.0. The van der Waals surface area contributed by atoms with E-state index in [4.69, 9.17) is 0 Å². The van der Waals surface area contributed by atoms with Crippen molar-refractivity contribution in [3.05, 3.63) is 176 Å². The zero-order valence-electron chi connectivity index (χ0n) is 27.5. The molecule has 0 spiro atoms. The zero-order valence-corrected chi connectivity index (χ0v) is 29.1.